The SMILES string of the molecule is Cc1ccc(S(=O)(=O)Nc2ccccc2F)cc1C(=O)N1CCC2(CC1)OCCO2. The Labute approximate surface area is 174 Å². The first-order chi connectivity index (χ1) is 14.3. The third-order valence-electron chi connectivity index (χ3n) is 5.49. The highest BCUT2D eigenvalue weighted by molar-refractivity contribution is 7.92. The second kappa shape index (κ2) is 7.98. The van der Waals surface area contributed by atoms with Crippen LogP contribution in [-0.4, -0.2) is 51.3 Å². The molecule has 0 radical (unpaired) electrons. The van der Waals surface area contributed by atoms with Crippen LogP contribution in [0.2, 0.25) is 0 Å². The van der Waals surface area contributed by atoms with Gasteiger partial charge in [0.25, 0.3) is 15.9 Å². The van der Waals surface area contributed by atoms with Crippen molar-refractivity contribution in [1.29, 1.82) is 0 Å². The zero-order chi connectivity index (χ0) is 21.4. The molecule has 9 heteroatoms. The van der Waals surface area contributed by atoms with Gasteiger partial charge in [-0.3, -0.25) is 9.52 Å². The smallest absolute Gasteiger partial charge is 0.262 e. The van der Waals surface area contributed by atoms with Crippen LogP contribution in [0.25, 0.3) is 0 Å². The predicted molar refractivity (Wildman–Crippen MR) is 108 cm³/mol. The molecular formula is C21H23FN2O5S. The molecule has 1 amide bonds. The summed E-state index contributed by atoms with van der Waals surface area (Å²) in [4.78, 5) is 14.7. The van der Waals surface area contributed by atoms with E-state index in [1.807, 2.05) is 0 Å². The number of aryl methyl sites for hydroxylation is 1. The van der Waals surface area contributed by atoms with Gasteiger partial charge in [-0.1, -0.05) is 18.2 Å². The molecule has 160 valence electrons. The Bertz CT molecular complexity index is 1060. The first-order valence-corrected chi connectivity index (χ1v) is 11.2. The molecule has 0 aliphatic carbocycles. The fraction of sp³-hybridized carbons (Fsp3) is 0.381. The van der Waals surface area contributed by atoms with Crippen molar-refractivity contribution in [2.45, 2.75) is 30.4 Å². The lowest BCUT2D eigenvalue weighted by molar-refractivity contribution is -0.181. The van der Waals surface area contributed by atoms with Gasteiger partial charge in [0.05, 0.1) is 23.8 Å². The summed E-state index contributed by atoms with van der Waals surface area (Å²) in [6, 6.07) is 9.84. The van der Waals surface area contributed by atoms with Crippen LogP contribution < -0.4 is 4.72 Å². The van der Waals surface area contributed by atoms with Crippen molar-refractivity contribution in [1.82, 2.24) is 4.90 Å². The topological polar surface area (TPSA) is 84.9 Å². The van der Waals surface area contributed by atoms with E-state index in [1.54, 1.807) is 17.9 Å². The number of likely N-dealkylation sites (tertiary alicyclic amines) is 1. The van der Waals surface area contributed by atoms with E-state index in [2.05, 4.69) is 4.72 Å². The second-order valence-corrected chi connectivity index (χ2v) is 9.14. The van der Waals surface area contributed by atoms with Crippen molar-refractivity contribution in [2.24, 2.45) is 0 Å². The molecule has 1 N–H and O–H groups in total. The minimum atomic E-state index is -4.06. The van der Waals surface area contributed by atoms with Crippen molar-refractivity contribution in [3.63, 3.8) is 0 Å². The molecule has 0 bridgehead atoms. The maximum absolute atomic E-state index is 13.9. The van der Waals surface area contributed by atoms with Gasteiger partial charge in [0, 0.05) is 31.5 Å². The lowest BCUT2D eigenvalue weighted by Crippen LogP contribution is -2.47. The van der Waals surface area contributed by atoms with Gasteiger partial charge in [0.1, 0.15) is 5.82 Å². The summed E-state index contributed by atoms with van der Waals surface area (Å²) in [7, 11) is -4.06. The number of ether oxygens (including phenoxy) is 2. The van der Waals surface area contributed by atoms with Crippen LogP contribution in [0.4, 0.5) is 10.1 Å². The first-order valence-electron chi connectivity index (χ1n) is 9.75. The van der Waals surface area contributed by atoms with Crippen LogP contribution in [0.1, 0.15) is 28.8 Å². The van der Waals surface area contributed by atoms with Crippen LogP contribution >= 0.6 is 0 Å². The molecule has 2 aromatic carbocycles. The van der Waals surface area contributed by atoms with E-state index in [0.717, 1.165) is 0 Å². The molecule has 2 saturated heterocycles. The summed E-state index contributed by atoms with van der Waals surface area (Å²) in [5.74, 6) is -1.52. The Morgan fingerprint density at radius 1 is 1.10 bits per heavy atom. The normalized spacial score (nSPS) is 18.5. The van der Waals surface area contributed by atoms with Crippen molar-refractivity contribution in [3.05, 3.63) is 59.4 Å². The van der Waals surface area contributed by atoms with Gasteiger partial charge in [-0.15, -0.1) is 0 Å². The Balaban J connectivity index is 1.54. The molecule has 2 aliphatic rings. The molecule has 0 unspecified atom stereocenters. The van der Waals surface area contributed by atoms with Crippen molar-refractivity contribution >= 4 is 21.6 Å². The summed E-state index contributed by atoms with van der Waals surface area (Å²) in [5, 5.41) is 0. The fourth-order valence-electron chi connectivity index (χ4n) is 3.75. The van der Waals surface area contributed by atoms with E-state index in [0.29, 0.717) is 50.3 Å². The van der Waals surface area contributed by atoms with Gasteiger partial charge in [-0.2, -0.15) is 0 Å². The molecule has 7 nitrogen and oxygen atoms in total. The summed E-state index contributed by atoms with van der Waals surface area (Å²) in [5.41, 5.74) is 0.818. The Kier molecular flexibility index (Phi) is 5.52. The van der Waals surface area contributed by atoms with Crippen LogP contribution in [0, 0.1) is 12.7 Å². The highest BCUT2D eigenvalue weighted by Gasteiger charge is 2.41. The average Bonchev–Trinajstić information content (AvgIpc) is 3.18. The van der Waals surface area contributed by atoms with E-state index < -0.39 is 21.6 Å². The number of amides is 1. The zero-order valence-electron chi connectivity index (χ0n) is 16.6. The maximum Gasteiger partial charge on any atom is 0.262 e. The average molecular weight is 434 g/mol. The van der Waals surface area contributed by atoms with Crippen molar-refractivity contribution < 1.29 is 27.1 Å². The van der Waals surface area contributed by atoms with E-state index in [1.165, 1.54) is 36.4 Å². The summed E-state index contributed by atoms with van der Waals surface area (Å²) in [6.07, 6.45) is 1.15. The third-order valence-corrected chi connectivity index (χ3v) is 6.86. The molecular weight excluding hydrogens is 411 g/mol. The number of hydrogen-bond acceptors (Lipinski definition) is 5. The predicted octanol–water partition coefficient (Wildman–Crippen LogP) is 2.91. The molecule has 0 saturated carbocycles. The van der Waals surface area contributed by atoms with Gasteiger partial charge in [0.15, 0.2) is 5.79 Å². The number of hydrogen-bond donors (Lipinski definition) is 1. The van der Waals surface area contributed by atoms with Crippen LogP contribution in [0.3, 0.4) is 0 Å². The standard InChI is InChI=1S/C21H23FN2O5S/c1-15-6-7-16(30(26,27)23-19-5-3-2-4-18(19)22)14-17(15)20(25)24-10-8-21(9-11-24)28-12-13-29-21/h2-7,14,23H,8-13H2,1H3. The molecule has 1 spiro atoms. The number of sulfonamides is 1. The van der Waals surface area contributed by atoms with E-state index in [-0.39, 0.29) is 16.5 Å². The van der Waals surface area contributed by atoms with Crippen LogP contribution in [0.5, 0.6) is 0 Å². The molecule has 2 fully saturated rings. The Morgan fingerprint density at radius 2 is 1.77 bits per heavy atom. The third kappa shape index (κ3) is 4.05. The van der Waals surface area contributed by atoms with Crippen LogP contribution in [0.15, 0.2) is 47.4 Å². The summed E-state index contributed by atoms with van der Waals surface area (Å²) >= 11 is 0. The maximum atomic E-state index is 13.9. The Morgan fingerprint density at radius 3 is 2.43 bits per heavy atom. The molecule has 0 atom stereocenters. The van der Waals surface area contributed by atoms with Gasteiger partial charge in [-0.25, -0.2) is 12.8 Å². The minimum Gasteiger partial charge on any atom is -0.347 e. The number of rotatable bonds is 4. The van der Waals surface area contributed by atoms with E-state index in [4.69, 9.17) is 9.47 Å². The van der Waals surface area contributed by atoms with Crippen molar-refractivity contribution in [2.75, 3.05) is 31.0 Å². The number of carbonyl (C=O) groups is 1. The summed E-state index contributed by atoms with van der Waals surface area (Å²) in [6.45, 7) is 3.79. The number of benzene rings is 2. The fourth-order valence-corrected chi connectivity index (χ4v) is 4.85. The number of anilines is 1. The molecule has 0 aromatic heterocycles. The molecule has 30 heavy (non-hydrogen) atoms. The number of halogens is 1. The lowest BCUT2D eigenvalue weighted by atomic mass is 10.0. The quantitative estimate of drug-likeness (QED) is 0.800. The molecule has 2 heterocycles. The minimum absolute atomic E-state index is 0.101. The molecule has 2 aromatic rings. The van der Waals surface area contributed by atoms with Crippen molar-refractivity contribution in [3.8, 4) is 0 Å². The second-order valence-electron chi connectivity index (χ2n) is 7.46. The molecule has 4 rings (SSSR count). The number of para-hydroxylation sites is 1. The number of nitrogens with zero attached hydrogens (tertiary/aromatic N) is 1. The highest BCUT2D eigenvalue weighted by atomic mass is 32.2. The van der Waals surface area contributed by atoms with Gasteiger partial charge >= 0.3 is 0 Å². The number of carbonyl (C=O) groups excluding carboxylic acids is 1. The van der Waals surface area contributed by atoms with Gasteiger partial charge in [0.2, 0.25) is 0 Å². The largest absolute Gasteiger partial charge is 0.347 e. The van der Waals surface area contributed by atoms with Crippen LogP contribution in [-0.2, 0) is 19.5 Å². The Hall–Kier alpha value is -2.49. The van der Waals surface area contributed by atoms with Gasteiger partial charge in [-0.05, 0) is 36.8 Å². The van der Waals surface area contributed by atoms with E-state index >= 15 is 0 Å². The number of piperidine rings is 1. The van der Waals surface area contributed by atoms with E-state index in [9.17, 15) is 17.6 Å². The lowest BCUT2D eigenvalue weighted by Gasteiger charge is -2.37. The van der Waals surface area contributed by atoms with Gasteiger partial charge < -0.3 is 14.4 Å². The number of nitrogens with one attached hydrogen (secondary N) is 1. The first kappa shape index (κ1) is 20.8. The highest BCUT2D eigenvalue weighted by Crippen LogP contribution is 2.32. The zero-order valence-corrected chi connectivity index (χ0v) is 17.4. The summed E-state index contributed by atoms with van der Waals surface area (Å²) < 4.78 is 53.0. The molecule has 2 aliphatic heterocycles. The monoisotopic (exact) mass is 434 g/mol.